The predicted octanol–water partition coefficient (Wildman–Crippen LogP) is 2.60. The van der Waals surface area contributed by atoms with Gasteiger partial charge >= 0.3 is 0 Å². The van der Waals surface area contributed by atoms with Gasteiger partial charge in [-0.25, -0.2) is 0 Å². The quantitative estimate of drug-likeness (QED) is 0.545. The van der Waals surface area contributed by atoms with Gasteiger partial charge in [0.25, 0.3) is 0 Å². The highest BCUT2D eigenvalue weighted by Gasteiger charge is 2.67. The Balaban J connectivity index is 1.28. The second-order valence-electron chi connectivity index (χ2n) is 13.0. The van der Waals surface area contributed by atoms with E-state index in [1.807, 2.05) is 0 Å². The molecule has 5 fully saturated rings. The molecular formula is C28H47NO6. The highest BCUT2D eigenvalue weighted by molar-refractivity contribution is 5.77. The molecule has 200 valence electrons. The van der Waals surface area contributed by atoms with Gasteiger partial charge in [0.2, 0.25) is 5.91 Å². The van der Waals surface area contributed by atoms with Gasteiger partial charge < -0.3 is 29.7 Å². The van der Waals surface area contributed by atoms with Crippen LogP contribution in [0.2, 0.25) is 0 Å². The minimum atomic E-state index is -1.18. The maximum absolute atomic E-state index is 12.6. The molecule has 0 radical (unpaired) electrons. The van der Waals surface area contributed by atoms with Crippen LogP contribution >= 0.6 is 0 Å². The van der Waals surface area contributed by atoms with Crippen molar-refractivity contribution in [3.8, 4) is 0 Å². The van der Waals surface area contributed by atoms with Crippen molar-refractivity contribution in [1.82, 2.24) is 4.90 Å². The third-order valence-electron chi connectivity index (χ3n) is 11.7. The number of ether oxygens (including phenoxy) is 2. The molecule has 5 aliphatic rings. The summed E-state index contributed by atoms with van der Waals surface area (Å²) in [6.45, 7) is 9.47. The lowest BCUT2D eigenvalue weighted by molar-refractivity contribution is -0.267. The minimum absolute atomic E-state index is 0.0163. The molecule has 7 nitrogen and oxygen atoms in total. The summed E-state index contributed by atoms with van der Waals surface area (Å²) in [6, 6.07) is 0. The number of fused-ring (bicyclic) bond motifs is 5. The summed E-state index contributed by atoms with van der Waals surface area (Å²) in [5.41, 5.74) is -1.30. The first-order valence-electron chi connectivity index (χ1n) is 14.1. The van der Waals surface area contributed by atoms with Gasteiger partial charge in [0.1, 0.15) is 6.61 Å². The van der Waals surface area contributed by atoms with Crippen molar-refractivity contribution in [1.29, 1.82) is 0 Å². The van der Waals surface area contributed by atoms with Crippen molar-refractivity contribution in [3.63, 3.8) is 0 Å². The van der Waals surface area contributed by atoms with Crippen LogP contribution in [0.1, 0.15) is 72.1 Å². The van der Waals surface area contributed by atoms with E-state index in [0.717, 1.165) is 32.1 Å². The van der Waals surface area contributed by atoms with Crippen molar-refractivity contribution < 1.29 is 29.6 Å². The van der Waals surface area contributed by atoms with Gasteiger partial charge in [-0.1, -0.05) is 20.8 Å². The molecule has 1 amide bonds. The van der Waals surface area contributed by atoms with Crippen LogP contribution in [0.3, 0.4) is 0 Å². The molecule has 5 rings (SSSR count). The lowest BCUT2D eigenvalue weighted by Crippen LogP contribution is -2.68. The van der Waals surface area contributed by atoms with Crippen LogP contribution in [0.15, 0.2) is 0 Å². The molecule has 1 saturated heterocycles. The molecule has 0 spiro atoms. The van der Waals surface area contributed by atoms with Gasteiger partial charge in [-0.3, -0.25) is 4.79 Å². The van der Waals surface area contributed by atoms with E-state index in [1.54, 1.807) is 4.90 Å². The summed E-state index contributed by atoms with van der Waals surface area (Å²) in [4.78, 5) is 14.4. The molecule has 0 bridgehead atoms. The number of hydrogen-bond donors (Lipinski definition) is 3. The standard InChI is InChI=1S/C28H47NO6/c1-18(16-30)21-4-5-22-20-14-24(31)28(33)15-19(35-17-25(32)29-10-12-34-13-11-29)6-9-27(28,3)23(20)7-8-26(21,22)2/h18-24,30-31,33H,4-17H2,1-3H3/t18-,19+,20+,21-,22+,23+,24-,26-,27-,28+/m1/s1. The summed E-state index contributed by atoms with van der Waals surface area (Å²) in [5, 5.41) is 33.4. The molecule has 35 heavy (non-hydrogen) atoms. The zero-order valence-corrected chi connectivity index (χ0v) is 22.0. The maximum Gasteiger partial charge on any atom is 0.248 e. The van der Waals surface area contributed by atoms with Gasteiger partial charge in [-0.05, 0) is 80.0 Å². The van der Waals surface area contributed by atoms with E-state index in [-0.39, 0.29) is 36.1 Å². The van der Waals surface area contributed by atoms with Crippen LogP contribution < -0.4 is 0 Å². The molecule has 0 aromatic heterocycles. The van der Waals surface area contributed by atoms with Crippen molar-refractivity contribution in [2.45, 2.75) is 89.9 Å². The van der Waals surface area contributed by atoms with Crippen LogP contribution in [0.25, 0.3) is 0 Å². The van der Waals surface area contributed by atoms with E-state index in [4.69, 9.17) is 9.47 Å². The predicted molar refractivity (Wildman–Crippen MR) is 131 cm³/mol. The topological polar surface area (TPSA) is 99.5 Å². The third-order valence-corrected chi connectivity index (χ3v) is 11.7. The van der Waals surface area contributed by atoms with Crippen LogP contribution in [-0.2, 0) is 14.3 Å². The summed E-state index contributed by atoms with van der Waals surface area (Å²) >= 11 is 0. The average Bonchev–Trinajstić information content (AvgIpc) is 3.21. The fourth-order valence-electron chi connectivity index (χ4n) is 9.58. The van der Waals surface area contributed by atoms with Gasteiger partial charge in [0.15, 0.2) is 0 Å². The molecule has 0 aromatic carbocycles. The number of amides is 1. The largest absolute Gasteiger partial charge is 0.396 e. The Morgan fingerprint density at radius 3 is 2.57 bits per heavy atom. The number of aliphatic hydroxyl groups excluding tert-OH is 2. The molecule has 10 atom stereocenters. The normalized spacial score (nSPS) is 48.6. The number of hydrogen-bond acceptors (Lipinski definition) is 6. The zero-order chi connectivity index (χ0) is 25.0. The second kappa shape index (κ2) is 9.54. The SMILES string of the molecule is C[C@H](CO)[C@H]1CC[C@H]2[C@@H]3C[C@@H](O)[C@@]4(O)C[C@@H](OCC(=O)N5CCOCC5)CC[C@]4(C)[C@H]3CC[C@]12C. The fraction of sp³-hybridized carbons (Fsp3) is 0.964. The number of carbonyl (C=O) groups excluding carboxylic acids is 1. The molecule has 1 aliphatic heterocycles. The molecule has 1 heterocycles. The van der Waals surface area contributed by atoms with Gasteiger partial charge in [0, 0.05) is 31.5 Å². The number of aliphatic hydroxyl groups is 3. The summed E-state index contributed by atoms with van der Waals surface area (Å²) in [5.74, 6) is 2.21. The third kappa shape index (κ3) is 4.08. The second-order valence-corrected chi connectivity index (χ2v) is 13.0. The zero-order valence-electron chi connectivity index (χ0n) is 22.0. The number of rotatable bonds is 5. The van der Waals surface area contributed by atoms with Crippen LogP contribution in [0.4, 0.5) is 0 Å². The van der Waals surface area contributed by atoms with Gasteiger partial charge in [0.05, 0.1) is 31.0 Å². The van der Waals surface area contributed by atoms with Crippen molar-refractivity contribution in [3.05, 3.63) is 0 Å². The van der Waals surface area contributed by atoms with E-state index in [9.17, 15) is 20.1 Å². The van der Waals surface area contributed by atoms with Crippen LogP contribution in [-0.4, -0.2) is 83.5 Å². The number of carbonyl (C=O) groups is 1. The van der Waals surface area contributed by atoms with E-state index in [2.05, 4.69) is 20.8 Å². The lowest BCUT2D eigenvalue weighted by Gasteiger charge is -2.65. The summed E-state index contributed by atoms with van der Waals surface area (Å²) in [6.07, 6.45) is 6.26. The Morgan fingerprint density at radius 1 is 1.11 bits per heavy atom. The molecule has 4 saturated carbocycles. The lowest BCUT2D eigenvalue weighted by atomic mass is 9.42. The monoisotopic (exact) mass is 493 g/mol. The highest BCUT2D eigenvalue weighted by atomic mass is 16.5. The molecule has 7 heteroatoms. The Bertz CT molecular complexity index is 787. The molecule has 0 aromatic rings. The smallest absolute Gasteiger partial charge is 0.248 e. The average molecular weight is 494 g/mol. The Morgan fingerprint density at radius 2 is 1.86 bits per heavy atom. The Hall–Kier alpha value is -0.730. The fourth-order valence-corrected chi connectivity index (χ4v) is 9.58. The van der Waals surface area contributed by atoms with E-state index >= 15 is 0 Å². The summed E-state index contributed by atoms with van der Waals surface area (Å²) < 4.78 is 11.4. The van der Waals surface area contributed by atoms with Crippen molar-refractivity contribution in [2.75, 3.05) is 39.5 Å². The summed E-state index contributed by atoms with van der Waals surface area (Å²) in [7, 11) is 0. The van der Waals surface area contributed by atoms with Gasteiger partial charge in [-0.15, -0.1) is 0 Å². The van der Waals surface area contributed by atoms with Crippen molar-refractivity contribution >= 4 is 5.91 Å². The highest BCUT2D eigenvalue weighted by Crippen LogP contribution is 2.69. The molecule has 0 unspecified atom stereocenters. The van der Waals surface area contributed by atoms with Gasteiger partial charge in [-0.2, -0.15) is 0 Å². The first kappa shape index (κ1) is 25.9. The van der Waals surface area contributed by atoms with E-state index < -0.39 is 11.7 Å². The Kier molecular flexibility index (Phi) is 7.06. The first-order valence-corrected chi connectivity index (χ1v) is 14.1. The molecular weight excluding hydrogens is 446 g/mol. The van der Waals surface area contributed by atoms with Crippen LogP contribution in [0.5, 0.6) is 0 Å². The minimum Gasteiger partial charge on any atom is -0.396 e. The van der Waals surface area contributed by atoms with Crippen LogP contribution in [0, 0.1) is 40.4 Å². The number of morpholine rings is 1. The Labute approximate surface area is 210 Å². The van der Waals surface area contributed by atoms with Crippen molar-refractivity contribution in [2.24, 2.45) is 40.4 Å². The first-order chi connectivity index (χ1) is 16.6. The van der Waals surface area contributed by atoms with E-state index in [0.29, 0.717) is 68.7 Å². The molecule has 3 N–H and O–H groups in total. The van der Waals surface area contributed by atoms with E-state index in [1.165, 1.54) is 6.42 Å². The number of nitrogens with zero attached hydrogens (tertiary/aromatic N) is 1. The maximum atomic E-state index is 12.6. The molecule has 4 aliphatic carbocycles.